The van der Waals surface area contributed by atoms with Crippen LogP contribution >= 0.6 is 0 Å². The summed E-state index contributed by atoms with van der Waals surface area (Å²) in [6, 6.07) is 3.29. The maximum Gasteiger partial charge on any atom is 0.263 e. The maximum atomic E-state index is 11.2. The van der Waals surface area contributed by atoms with E-state index in [9.17, 15) is 9.59 Å². The van der Waals surface area contributed by atoms with Crippen molar-refractivity contribution < 1.29 is 14.3 Å². The van der Waals surface area contributed by atoms with Gasteiger partial charge in [0.1, 0.15) is 12.1 Å². The molecule has 7 heteroatoms. The zero-order valence-corrected chi connectivity index (χ0v) is 14.6. The van der Waals surface area contributed by atoms with Gasteiger partial charge in [-0.15, -0.1) is 0 Å². The quantitative estimate of drug-likeness (QED) is 0.802. The highest BCUT2D eigenvalue weighted by Crippen LogP contribution is 2.27. The van der Waals surface area contributed by atoms with Gasteiger partial charge in [0.25, 0.3) is 5.91 Å². The number of nitrogens with two attached hydrogens (primary N) is 1. The van der Waals surface area contributed by atoms with Crippen LogP contribution in [-0.4, -0.2) is 43.4 Å². The van der Waals surface area contributed by atoms with E-state index in [-0.39, 0.29) is 18.6 Å². The predicted molar refractivity (Wildman–Crippen MR) is 93.0 cm³/mol. The van der Waals surface area contributed by atoms with Crippen molar-refractivity contribution >= 4 is 23.8 Å². The number of rotatable bonds is 5. The molecule has 23 heavy (non-hydrogen) atoms. The van der Waals surface area contributed by atoms with E-state index in [1.54, 1.807) is 12.1 Å². The fraction of sp³-hybridized carbons (Fsp3) is 0.562. The Hall–Kier alpha value is -2.15. The van der Waals surface area contributed by atoms with Gasteiger partial charge < -0.3 is 25.5 Å². The number of likely N-dealkylation sites (N-methyl/N-ethyl adjacent to an activating group) is 1. The van der Waals surface area contributed by atoms with Crippen LogP contribution in [0.25, 0.3) is 0 Å². The van der Waals surface area contributed by atoms with Gasteiger partial charge in [0.05, 0.1) is 0 Å². The molecule has 1 unspecified atom stereocenters. The molecule has 1 amide bonds. The average Bonchev–Trinajstić information content (AvgIpc) is 2.58. The molecule has 0 radical (unpaired) electrons. The lowest BCUT2D eigenvalue weighted by molar-refractivity contribution is -0.118. The highest BCUT2D eigenvalue weighted by atomic mass is 16.5. The number of aldehydes is 1. The summed E-state index contributed by atoms with van der Waals surface area (Å²) in [5.74, 6) is 1.39. The van der Waals surface area contributed by atoms with Gasteiger partial charge in [-0.1, -0.05) is 27.7 Å². The third-order valence-electron chi connectivity index (χ3n) is 2.76. The van der Waals surface area contributed by atoms with Gasteiger partial charge in [-0.05, 0) is 12.1 Å². The first kappa shape index (κ1) is 20.9. The Morgan fingerprint density at radius 3 is 2.65 bits per heavy atom. The van der Waals surface area contributed by atoms with Gasteiger partial charge in [0.2, 0.25) is 0 Å². The second kappa shape index (κ2) is 11.4. The Bertz CT molecular complexity index is 494. The zero-order chi connectivity index (χ0) is 17.8. The summed E-state index contributed by atoms with van der Waals surface area (Å²) in [7, 11) is 1.82. The van der Waals surface area contributed by atoms with Crippen molar-refractivity contribution in [2.45, 2.75) is 40.2 Å². The number of nitrogens with zero attached hydrogens (tertiary/aromatic N) is 2. The molecule has 0 aliphatic carbocycles. The van der Waals surface area contributed by atoms with Gasteiger partial charge in [-0.25, -0.2) is 4.98 Å². The molecule has 0 fully saturated rings. The summed E-state index contributed by atoms with van der Waals surface area (Å²) >= 11 is 0. The van der Waals surface area contributed by atoms with E-state index in [1.165, 1.54) is 0 Å². The molecule has 1 atom stereocenters. The average molecular weight is 324 g/mol. The Kier molecular flexibility index (Phi) is 10.4. The largest absolute Gasteiger partial charge is 0.480 e. The molecule has 0 bridgehead atoms. The lowest BCUT2D eigenvalue weighted by atomic mass is 10.2. The molecule has 3 N–H and O–H groups in total. The molecule has 0 saturated carbocycles. The molecule has 2 rings (SSSR count). The summed E-state index contributed by atoms with van der Waals surface area (Å²) in [5.41, 5.74) is 5.79. The Labute approximate surface area is 138 Å². The van der Waals surface area contributed by atoms with Crippen molar-refractivity contribution in [1.82, 2.24) is 4.98 Å². The molecule has 7 nitrogen and oxygen atoms in total. The van der Waals surface area contributed by atoms with E-state index < -0.39 is 0 Å². The number of nitrogens with one attached hydrogen (secondary N) is 1. The second-order valence-electron chi connectivity index (χ2n) is 4.40. The number of ether oxygens (including phenoxy) is 1. The van der Waals surface area contributed by atoms with Crippen molar-refractivity contribution in [3.63, 3.8) is 0 Å². The van der Waals surface area contributed by atoms with Crippen molar-refractivity contribution in [3.8, 4) is 5.75 Å². The standard InChI is InChI=1S/C12H16N4O3.2C2H6/c1-16(6-8(13)4-5-17)10-3-2-9-12(14-10)15-11(18)7-19-9;2*1-2/h2-3,5,8H,4,6-7,13H2,1H3,(H,14,15,18);2*1-2H3. The van der Waals surface area contributed by atoms with Crippen LogP contribution in [0.15, 0.2) is 12.1 Å². The van der Waals surface area contributed by atoms with E-state index in [2.05, 4.69) is 10.3 Å². The first-order valence-corrected chi connectivity index (χ1v) is 7.94. The highest BCUT2D eigenvalue weighted by Gasteiger charge is 2.18. The van der Waals surface area contributed by atoms with Gasteiger partial charge in [-0.3, -0.25) is 4.79 Å². The van der Waals surface area contributed by atoms with Crippen molar-refractivity contribution in [1.29, 1.82) is 0 Å². The molecule has 1 aliphatic rings. The van der Waals surface area contributed by atoms with Crippen LogP contribution in [0.4, 0.5) is 11.6 Å². The monoisotopic (exact) mass is 324 g/mol. The Morgan fingerprint density at radius 2 is 2.04 bits per heavy atom. The number of carbonyl (C=O) groups excluding carboxylic acids is 2. The summed E-state index contributed by atoms with van der Waals surface area (Å²) in [6.45, 7) is 8.51. The van der Waals surface area contributed by atoms with Gasteiger partial charge in [0, 0.05) is 26.1 Å². The Morgan fingerprint density at radius 1 is 1.39 bits per heavy atom. The summed E-state index contributed by atoms with van der Waals surface area (Å²) < 4.78 is 5.23. The number of amides is 1. The number of carbonyl (C=O) groups is 2. The summed E-state index contributed by atoms with van der Waals surface area (Å²) in [4.78, 5) is 27.7. The van der Waals surface area contributed by atoms with Crippen molar-refractivity contribution in [2.24, 2.45) is 5.73 Å². The molecule has 1 aromatic heterocycles. The smallest absolute Gasteiger partial charge is 0.263 e. The normalized spacial score (nSPS) is 12.9. The van der Waals surface area contributed by atoms with Crippen LogP contribution in [-0.2, 0) is 9.59 Å². The molecule has 0 spiro atoms. The Balaban J connectivity index is 0.00000112. The molecule has 0 saturated heterocycles. The van der Waals surface area contributed by atoms with E-state index >= 15 is 0 Å². The topological polar surface area (TPSA) is 97.5 Å². The SMILES string of the molecule is CC.CC.CN(CC(N)CC=O)c1ccc2c(n1)NC(=O)CO2. The van der Waals surface area contributed by atoms with Crippen LogP contribution in [0, 0.1) is 0 Å². The van der Waals surface area contributed by atoms with Crippen LogP contribution in [0.5, 0.6) is 5.75 Å². The first-order valence-electron chi connectivity index (χ1n) is 7.94. The van der Waals surface area contributed by atoms with Crippen LogP contribution in [0.1, 0.15) is 34.1 Å². The zero-order valence-electron chi connectivity index (χ0n) is 14.6. The molecule has 2 heterocycles. The van der Waals surface area contributed by atoms with Crippen molar-refractivity contribution in [3.05, 3.63) is 12.1 Å². The fourth-order valence-electron chi connectivity index (χ4n) is 1.81. The lowest BCUT2D eigenvalue weighted by Crippen LogP contribution is -2.36. The molecular formula is C16H28N4O3. The van der Waals surface area contributed by atoms with Crippen LogP contribution in [0.2, 0.25) is 0 Å². The highest BCUT2D eigenvalue weighted by molar-refractivity contribution is 5.94. The first-order chi connectivity index (χ1) is 11.1. The van der Waals surface area contributed by atoms with Gasteiger partial charge >= 0.3 is 0 Å². The number of hydrogen-bond acceptors (Lipinski definition) is 6. The second-order valence-corrected chi connectivity index (χ2v) is 4.40. The molecule has 1 aromatic rings. The molecule has 1 aliphatic heterocycles. The van der Waals surface area contributed by atoms with Crippen LogP contribution in [0.3, 0.4) is 0 Å². The van der Waals surface area contributed by atoms with E-state index in [4.69, 9.17) is 10.5 Å². The van der Waals surface area contributed by atoms with Crippen molar-refractivity contribution in [2.75, 3.05) is 30.4 Å². The minimum absolute atomic E-state index is 0.00801. The summed E-state index contributed by atoms with van der Waals surface area (Å²) in [5, 5.41) is 2.64. The predicted octanol–water partition coefficient (Wildman–Crippen LogP) is 1.82. The number of aromatic nitrogens is 1. The third-order valence-corrected chi connectivity index (χ3v) is 2.76. The van der Waals surface area contributed by atoms with Gasteiger partial charge in [0.15, 0.2) is 18.2 Å². The molecule has 0 aromatic carbocycles. The molecular weight excluding hydrogens is 296 g/mol. The molecule has 130 valence electrons. The number of fused-ring (bicyclic) bond motifs is 1. The van der Waals surface area contributed by atoms with E-state index in [0.717, 1.165) is 6.29 Å². The van der Waals surface area contributed by atoms with Crippen LogP contribution < -0.4 is 20.7 Å². The third kappa shape index (κ3) is 6.65. The number of pyridine rings is 1. The van der Waals surface area contributed by atoms with E-state index in [0.29, 0.717) is 30.4 Å². The summed E-state index contributed by atoms with van der Waals surface area (Å²) in [6.07, 6.45) is 1.10. The number of anilines is 2. The minimum atomic E-state index is -0.244. The maximum absolute atomic E-state index is 11.2. The number of hydrogen-bond donors (Lipinski definition) is 2. The fourth-order valence-corrected chi connectivity index (χ4v) is 1.81. The van der Waals surface area contributed by atoms with Gasteiger partial charge in [-0.2, -0.15) is 0 Å². The van der Waals surface area contributed by atoms with E-state index in [1.807, 2.05) is 39.6 Å². The lowest BCUT2D eigenvalue weighted by Gasteiger charge is -2.23. The minimum Gasteiger partial charge on any atom is -0.480 e.